The van der Waals surface area contributed by atoms with Crippen LogP contribution in [0.3, 0.4) is 0 Å². The summed E-state index contributed by atoms with van der Waals surface area (Å²) in [6, 6.07) is -1.69. The van der Waals surface area contributed by atoms with Crippen LogP contribution in [0.15, 0.2) is 0 Å². The normalized spacial score (nSPS) is 29.3. The SMILES string of the molecule is O=C(OCCCOC(=O)C1CC1[N+](=O)[O-])C1CC1[N+](=O)[O-]. The molecular formula is C11H14N2O8. The van der Waals surface area contributed by atoms with Crippen molar-refractivity contribution >= 4 is 11.9 Å². The number of hydrogen-bond donors (Lipinski definition) is 0. The van der Waals surface area contributed by atoms with E-state index in [0.29, 0.717) is 0 Å². The Kier molecular flexibility index (Phi) is 4.34. The van der Waals surface area contributed by atoms with Crippen LogP contribution in [-0.2, 0) is 19.1 Å². The first kappa shape index (κ1) is 15.1. The highest BCUT2D eigenvalue weighted by Gasteiger charge is 2.55. The van der Waals surface area contributed by atoms with Crippen molar-refractivity contribution in [2.45, 2.75) is 31.3 Å². The van der Waals surface area contributed by atoms with Crippen molar-refractivity contribution < 1.29 is 28.9 Å². The Balaban J connectivity index is 1.51. The third-order valence-corrected chi connectivity index (χ3v) is 3.44. The van der Waals surface area contributed by atoms with Gasteiger partial charge in [-0.3, -0.25) is 29.8 Å². The molecule has 0 aromatic carbocycles. The maximum Gasteiger partial charge on any atom is 0.316 e. The Labute approximate surface area is 118 Å². The summed E-state index contributed by atoms with van der Waals surface area (Å²) < 4.78 is 9.64. The molecule has 2 aliphatic carbocycles. The minimum Gasteiger partial charge on any atom is -0.465 e. The van der Waals surface area contributed by atoms with E-state index in [1.54, 1.807) is 0 Å². The minimum atomic E-state index is -0.843. The molecule has 4 atom stereocenters. The van der Waals surface area contributed by atoms with Crippen molar-refractivity contribution in [1.29, 1.82) is 0 Å². The Morgan fingerprint density at radius 3 is 1.57 bits per heavy atom. The minimum absolute atomic E-state index is 0.00359. The molecule has 2 rings (SSSR count). The topological polar surface area (TPSA) is 139 Å². The third-order valence-electron chi connectivity index (χ3n) is 3.44. The fourth-order valence-electron chi connectivity index (χ4n) is 1.95. The summed E-state index contributed by atoms with van der Waals surface area (Å²) in [5.41, 5.74) is 0. The average Bonchev–Trinajstić information content (AvgIpc) is 3.27. The van der Waals surface area contributed by atoms with Crippen LogP contribution in [0.25, 0.3) is 0 Å². The summed E-state index contributed by atoms with van der Waals surface area (Å²) in [5.74, 6) is -2.57. The first-order valence-corrected chi connectivity index (χ1v) is 6.52. The van der Waals surface area contributed by atoms with Gasteiger partial charge in [-0.15, -0.1) is 0 Å². The zero-order chi connectivity index (χ0) is 15.6. The van der Waals surface area contributed by atoms with Crippen LogP contribution in [0.4, 0.5) is 0 Å². The molecule has 2 aliphatic rings. The van der Waals surface area contributed by atoms with Crippen LogP contribution < -0.4 is 0 Å². The maximum atomic E-state index is 11.3. The molecule has 0 heterocycles. The third kappa shape index (κ3) is 3.86. The highest BCUT2D eigenvalue weighted by molar-refractivity contribution is 5.76. The van der Waals surface area contributed by atoms with E-state index >= 15 is 0 Å². The summed E-state index contributed by atoms with van der Waals surface area (Å²) in [6.45, 7) is -0.00718. The number of nitrogens with zero attached hydrogens (tertiary/aromatic N) is 2. The van der Waals surface area contributed by atoms with Gasteiger partial charge in [0.1, 0.15) is 11.8 Å². The molecule has 0 aromatic heterocycles. The summed E-state index contributed by atoms with van der Waals surface area (Å²) >= 11 is 0. The molecule has 4 unspecified atom stereocenters. The molecule has 0 saturated heterocycles. The van der Waals surface area contributed by atoms with Crippen molar-refractivity contribution in [3.8, 4) is 0 Å². The van der Waals surface area contributed by atoms with Crippen molar-refractivity contribution in [1.82, 2.24) is 0 Å². The first-order chi connectivity index (χ1) is 9.91. The highest BCUT2D eigenvalue weighted by Crippen LogP contribution is 2.34. The van der Waals surface area contributed by atoms with Gasteiger partial charge in [0, 0.05) is 29.1 Å². The second-order valence-electron chi connectivity index (χ2n) is 5.08. The van der Waals surface area contributed by atoms with Gasteiger partial charge >= 0.3 is 11.9 Å². The molecule has 2 fully saturated rings. The van der Waals surface area contributed by atoms with Gasteiger partial charge in [0.05, 0.1) is 13.2 Å². The lowest BCUT2D eigenvalue weighted by atomic mass is 10.4. The van der Waals surface area contributed by atoms with Crippen LogP contribution in [0.1, 0.15) is 19.3 Å². The molecule has 0 amide bonds. The lowest BCUT2D eigenvalue weighted by molar-refractivity contribution is -0.497. The van der Waals surface area contributed by atoms with Crippen LogP contribution in [0, 0.1) is 32.1 Å². The fourth-order valence-corrected chi connectivity index (χ4v) is 1.95. The Bertz CT molecular complexity index is 437. The van der Waals surface area contributed by atoms with Gasteiger partial charge in [-0.05, 0) is 0 Å². The lowest BCUT2D eigenvalue weighted by Gasteiger charge is -2.04. The standard InChI is InChI=1S/C11H14N2O8/c14-10(6-4-8(6)12(16)17)20-2-1-3-21-11(15)7-5-9(7)13(18)19/h6-9H,1-5H2. The van der Waals surface area contributed by atoms with Gasteiger partial charge in [0.15, 0.2) is 0 Å². The fraction of sp³-hybridized carbons (Fsp3) is 0.818. The van der Waals surface area contributed by atoms with E-state index in [2.05, 4.69) is 0 Å². The highest BCUT2D eigenvalue weighted by atomic mass is 16.6. The van der Waals surface area contributed by atoms with Crippen molar-refractivity contribution in [3.05, 3.63) is 20.2 Å². The summed E-state index contributed by atoms with van der Waals surface area (Å²) in [4.78, 5) is 42.4. The van der Waals surface area contributed by atoms with Gasteiger partial charge in [0.25, 0.3) is 0 Å². The second kappa shape index (κ2) is 6.02. The monoisotopic (exact) mass is 302 g/mol. The number of esters is 2. The largest absolute Gasteiger partial charge is 0.465 e. The molecule has 116 valence electrons. The van der Waals surface area contributed by atoms with Crippen molar-refractivity contribution in [2.24, 2.45) is 11.8 Å². The Morgan fingerprint density at radius 1 is 0.905 bits per heavy atom. The molecule has 0 bridgehead atoms. The average molecular weight is 302 g/mol. The molecular weight excluding hydrogens is 288 g/mol. The quantitative estimate of drug-likeness (QED) is 0.260. The molecule has 21 heavy (non-hydrogen) atoms. The number of rotatable bonds is 8. The molecule has 10 heteroatoms. The van der Waals surface area contributed by atoms with Gasteiger partial charge < -0.3 is 9.47 Å². The predicted octanol–water partition coefficient (Wildman–Crippen LogP) is -0.207. The number of ether oxygens (including phenoxy) is 2. The summed E-state index contributed by atoms with van der Waals surface area (Å²) in [7, 11) is 0. The van der Waals surface area contributed by atoms with Gasteiger partial charge in [-0.1, -0.05) is 0 Å². The molecule has 0 aliphatic heterocycles. The van der Waals surface area contributed by atoms with Crippen molar-refractivity contribution in [3.63, 3.8) is 0 Å². The van der Waals surface area contributed by atoms with Crippen LogP contribution >= 0.6 is 0 Å². The lowest BCUT2D eigenvalue weighted by Crippen LogP contribution is -2.17. The molecule has 10 nitrogen and oxygen atoms in total. The van der Waals surface area contributed by atoms with E-state index in [9.17, 15) is 29.8 Å². The predicted molar refractivity (Wildman–Crippen MR) is 64.3 cm³/mol. The van der Waals surface area contributed by atoms with Crippen molar-refractivity contribution in [2.75, 3.05) is 13.2 Å². The van der Waals surface area contributed by atoms with E-state index in [-0.39, 0.29) is 32.5 Å². The van der Waals surface area contributed by atoms with Gasteiger partial charge in [-0.2, -0.15) is 0 Å². The van der Waals surface area contributed by atoms with Gasteiger partial charge in [-0.25, -0.2) is 0 Å². The second-order valence-corrected chi connectivity index (χ2v) is 5.08. The molecule has 2 saturated carbocycles. The molecule has 0 N–H and O–H groups in total. The Hall–Kier alpha value is -2.26. The van der Waals surface area contributed by atoms with E-state index in [0.717, 1.165) is 0 Å². The Morgan fingerprint density at radius 2 is 1.29 bits per heavy atom. The first-order valence-electron chi connectivity index (χ1n) is 6.52. The molecule has 0 aromatic rings. The maximum absolute atomic E-state index is 11.3. The zero-order valence-electron chi connectivity index (χ0n) is 11.0. The number of hydrogen-bond acceptors (Lipinski definition) is 8. The zero-order valence-corrected chi connectivity index (χ0v) is 11.0. The molecule has 0 spiro atoms. The summed E-state index contributed by atoms with van der Waals surface area (Å²) in [6.07, 6.45) is 0.652. The smallest absolute Gasteiger partial charge is 0.316 e. The van der Waals surface area contributed by atoms with Gasteiger partial charge in [0.2, 0.25) is 12.1 Å². The van der Waals surface area contributed by atoms with Crippen LogP contribution in [-0.4, -0.2) is 47.1 Å². The summed E-state index contributed by atoms with van der Waals surface area (Å²) in [5, 5.41) is 20.7. The number of carbonyl (C=O) groups is 2. The number of nitro groups is 2. The van der Waals surface area contributed by atoms with E-state index in [4.69, 9.17) is 9.47 Å². The number of carbonyl (C=O) groups excluding carboxylic acids is 2. The van der Waals surface area contributed by atoms with Crippen LogP contribution in [0.2, 0.25) is 0 Å². The van der Waals surface area contributed by atoms with E-state index < -0.39 is 45.7 Å². The van der Waals surface area contributed by atoms with E-state index in [1.807, 2.05) is 0 Å². The van der Waals surface area contributed by atoms with Crippen LogP contribution in [0.5, 0.6) is 0 Å². The molecule has 0 radical (unpaired) electrons. The van der Waals surface area contributed by atoms with E-state index in [1.165, 1.54) is 0 Å².